The summed E-state index contributed by atoms with van der Waals surface area (Å²) in [5.41, 5.74) is 1.13. The van der Waals surface area contributed by atoms with Crippen molar-refractivity contribution in [2.24, 2.45) is 4.99 Å². The number of hydrogen-bond acceptors (Lipinski definition) is 3. The molecule has 134 valence electrons. The highest BCUT2D eigenvalue weighted by molar-refractivity contribution is 5.79. The molecule has 0 saturated carbocycles. The van der Waals surface area contributed by atoms with Gasteiger partial charge in [-0.1, -0.05) is 18.2 Å². The van der Waals surface area contributed by atoms with Gasteiger partial charge in [0.15, 0.2) is 5.96 Å². The van der Waals surface area contributed by atoms with E-state index in [4.69, 9.17) is 4.74 Å². The second-order valence-corrected chi connectivity index (χ2v) is 5.83. The molecule has 0 saturated heterocycles. The van der Waals surface area contributed by atoms with Crippen molar-refractivity contribution in [3.05, 3.63) is 42.5 Å². The van der Waals surface area contributed by atoms with Gasteiger partial charge in [0.05, 0.1) is 6.54 Å². The maximum absolute atomic E-state index is 10.1. The topological polar surface area (TPSA) is 57.1 Å². The number of guanidine groups is 1. The first-order chi connectivity index (χ1) is 11.6. The fraction of sp³-hybridized carbons (Fsp3) is 0.526. The lowest BCUT2D eigenvalue weighted by atomic mass is 10.2. The van der Waals surface area contributed by atoms with Crippen molar-refractivity contribution in [1.29, 1.82) is 0 Å². The largest absolute Gasteiger partial charge is 0.491 e. The van der Waals surface area contributed by atoms with Crippen LogP contribution in [0.15, 0.2) is 41.9 Å². The zero-order valence-corrected chi connectivity index (χ0v) is 15.2. The number of aryl methyl sites for hydroxylation is 1. The van der Waals surface area contributed by atoms with Crippen LogP contribution in [0.25, 0.3) is 0 Å². The van der Waals surface area contributed by atoms with E-state index < -0.39 is 6.10 Å². The number of benzene rings is 1. The van der Waals surface area contributed by atoms with Crippen molar-refractivity contribution in [2.75, 3.05) is 33.3 Å². The zero-order valence-electron chi connectivity index (χ0n) is 15.2. The van der Waals surface area contributed by atoms with Crippen molar-refractivity contribution < 1.29 is 9.84 Å². The van der Waals surface area contributed by atoms with E-state index in [0.29, 0.717) is 6.54 Å². The molecule has 0 spiro atoms. The summed E-state index contributed by atoms with van der Waals surface area (Å²) in [5, 5.41) is 13.3. The standard InChI is InChI=1S/C19H31N3O2/c1-5-7-8-12-22(4)19(20-6-2)21-14-17(23)15-24-18-11-9-10-16(3)13-18/h5,9-11,13,17,23H,1,6-8,12,14-15H2,2-4H3,(H,20,21). The van der Waals surface area contributed by atoms with Crippen molar-refractivity contribution in [3.63, 3.8) is 0 Å². The Labute approximate surface area is 146 Å². The first kappa shape index (κ1) is 20.0. The summed E-state index contributed by atoms with van der Waals surface area (Å²) < 4.78 is 5.62. The molecule has 0 bridgehead atoms. The molecule has 5 heteroatoms. The molecule has 1 aromatic rings. The molecule has 1 aromatic carbocycles. The summed E-state index contributed by atoms with van der Waals surface area (Å²) in [4.78, 5) is 6.57. The molecule has 0 aromatic heterocycles. The third-order valence-corrected chi connectivity index (χ3v) is 3.48. The molecule has 24 heavy (non-hydrogen) atoms. The highest BCUT2D eigenvalue weighted by Crippen LogP contribution is 2.12. The van der Waals surface area contributed by atoms with Crippen LogP contribution < -0.4 is 10.1 Å². The summed E-state index contributed by atoms with van der Waals surface area (Å²) in [7, 11) is 2.00. The Morgan fingerprint density at radius 1 is 1.50 bits per heavy atom. The Hall–Kier alpha value is -2.01. The van der Waals surface area contributed by atoms with Gasteiger partial charge in [-0.25, -0.2) is 0 Å². The Morgan fingerprint density at radius 2 is 2.29 bits per heavy atom. The molecule has 0 heterocycles. The van der Waals surface area contributed by atoms with Crippen LogP contribution in [-0.4, -0.2) is 55.4 Å². The van der Waals surface area contributed by atoms with Gasteiger partial charge < -0.3 is 20.1 Å². The third-order valence-electron chi connectivity index (χ3n) is 3.48. The fourth-order valence-electron chi connectivity index (χ4n) is 2.19. The second kappa shape index (κ2) is 11.5. The highest BCUT2D eigenvalue weighted by atomic mass is 16.5. The summed E-state index contributed by atoms with van der Waals surface area (Å²) in [6.07, 6.45) is 3.30. The van der Waals surface area contributed by atoms with Gasteiger partial charge in [-0.05, 0) is 44.4 Å². The number of unbranched alkanes of at least 4 members (excludes halogenated alkanes) is 1. The van der Waals surface area contributed by atoms with E-state index in [2.05, 4.69) is 21.8 Å². The Bertz CT molecular complexity index is 517. The third kappa shape index (κ3) is 8.02. The van der Waals surface area contributed by atoms with E-state index in [0.717, 1.165) is 43.2 Å². The summed E-state index contributed by atoms with van der Waals surface area (Å²) in [6, 6.07) is 7.79. The second-order valence-electron chi connectivity index (χ2n) is 5.83. The van der Waals surface area contributed by atoms with Crippen molar-refractivity contribution in [3.8, 4) is 5.75 Å². The van der Waals surface area contributed by atoms with Gasteiger partial charge in [-0.3, -0.25) is 4.99 Å². The number of nitrogens with zero attached hydrogens (tertiary/aromatic N) is 2. The monoisotopic (exact) mass is 333 g/mol. The smallest absolute Gasteiger partial charge is 0.193 e. The minimum atomic E-state index is -0.638. The predicted octanol–water partition coefficient (Wildman–Crippen LogP) is 2.60. The van der Waals surface area contributed by atoms with Gasteiger partial charge in [-0.2, -0.15) is 0 Å². The number of ether oxygens (including phenoxy) is 1. The number of aliphatic hydroxyl groups is 1. The number of nitrogens with one attached hydrogen (secondary N) is 1. The van der Waals surface area contributed by atoms with Crippen LogP contribution in [0.4, 0.5) is 0 Å². The normalized spacial score (nSPS) is 12.6. The Morgan fingerprint density at radius 3 is 2.96 bits per heavy atom. The molecule has 1 unspecified atom stereocenters. The molecule has 2 N–H and O–H groups in total. The predicted molar refractivity (Wildman–Crippen MR) is 101 cm³/mol. The molecule has 1 rings (SSSR count). The number of aliphatic hydroxyl groups excluding tert-OH is 1. The molecule has 5 nitrogen and oxygen atoms in total. The molecular weight excluding hydrogens is 302 g/mol. The van der Waals surface area contributed by atoms with E-state index in [-0.39, 0.29) is 6.61 Å². The van der Waals surface area contributed by atoms with Crippen LogP contribution >= 0.6 is 0 Å². The average Bonchev–Trinajstić information content (AvgIpc) is 2.57. The minimum absolute atomic E-state index is 0.229. The number of hydrogen-bond donors (Lipinski definition) is 2. The van der Waals surface area contributed by atoms with Crippen molar-refractivity contribution in [2.45, 2.75) is 32.8 Å². The molecule has 0 radical (unpaired) electrons. The van der Waals surface area contributed by atoms with E-state index in [9.17, 15) is 5.11 Å². The summed E-state index contributed by atoms with van der Waals surface area (Å²) >= 11 is 0. The minimum Gasteiger partial charge on any atom is -0.491 e. The Balaban J connectivity index is 2.47. The summed E-state index contributed by atoms with van der Waals surface area (Å²) in [6.45, 7) is 10.0. The van der Waals surface area contributed by atoms with E-state index >= 15 is 0 Å². The maximum Gasteiger partial charge on any atom is 0.193 e. The lowest BCUT2D eigenvalue weighted by Gasteiger charge is -2.22. The molecule has 0 fully saturated rings. The molecule has 1 atom stereocenters. The van der Waals surface area contributed by atoms with Gasteiger partial charge in [0.25, 0.3) is 0 Å². The van der Waals surface area contributed by atoms with Gasteiger partial charge in [-0.15, -0.1) is 6.58 Å². The summed E-state index contributed by atoms with van der Waals surface area (Å²) in [5.74, 6) is 1.57. The lowest BCUT2D eigenvalue weighted by Crippen LogP contribution is -2.40. The highest BCUT2D eigenvalue weighted by Gasteiger charge is 2.08. The average molecular weight is 333 g/mol. The van der Waals surface area contributed by atoms with Crippen molar-refractivity contribution in [1.82, 2.24) is 10.2 Å². The first-order valence-electron chi connectivity index (χ1n) is 8.54. The lowest BCUT2D eigenvalue weighted by molar-refractivity contribution is 0.114. The van der Waals surface area contributed by atoms with Crippen LogP contribution in [0.1, 0.15) is 25.3 Å². The van der Waals surface area contributed by atoms with E-state index in [1.807, 2.05) is 51.2 Å². The number of aliphatic imine (C=N–C) groups is 1. The van der Waals surface area contributed by atoms with Crippen LogP contribution in [0, 0.1) is 6.92 Å². The maximum atomic E-state index is 10.1. The quantitative estimate of drug-likeness (QED) is 0.299. The molecule has 0 aliphatic carbocycles. The van der Waals surface area contributed by atoms with Crippen LogP contribution in [0.5, 0.6) is 5.75 Å². The zero-order chi connectivity index (χ0) is 17.8. The molecule has 0 aliphatic heterocycles. The fourth-order valence-corrected chi connectivity index (χ4v) is 2.19. The molecule has 0 amide bonds. The number of rotatable bonds is 10. The van der Waals surface area contributed by atoms with Crippen LogP contribution in [0.2, 0.25) is 0 Å². The van der Waals surface area contributed by atoms with E-state index in [1.54, 1.807) is 0 Å². The van der Waals surface area contributed by atoms with E-state index in [1.165, 1.54) is 0 Å². The van der Waals surface area contributed by atoms with Crippen LogP contribution in [0.3, 0.4) is 0 Å². The molecular formula is C19H31N3O2. The van der Waals surface area contributed by atoms with Gasteiger partial charge in [0.1, 0.15) is 18.5 Å². The van der Waals surface area contributed by atoms with Gasteiger partial charge in [0.2, 0.25) is 0 Å². The molecule has 0 aliphatic rings. The van der Waals surface area contributed by atoms with Crippen LogP contribution in [-0.2, 0) is 0 Å². The van der Waals surface area contributed by atoms with Gasteiger partial charge in [0, 0.05) is 20.1 Å². The SMILES string of the molecule is C=CCCCN(C)C(=NCC(O)COc1cccc(C)c1)NCC. The first-order valence-corrected chi connectivity index (χ1v) is 8.54. The Kier molecular flexibility index (Phi) is 9.61. The van der Waals surface area contributed by atoms with Crippen molar-refractivity contribution >= 4 is 5.96 Å². The number of allylic oxidation sites excluding steroid dienone is 1. The van der Waals surface area contributed by atoms with Gasteiger partial charge >= 0.3 is 0 Å².